The van der Waals surface area contributed by atoms with Gasteiger partial charge in [-0.25, -0.2) is 26.4 Å². The zero-order valence-corrected chi connectivity index (χ0v) is 18.5. The number of aryl methyl sites for hydroxylation is 1. The molecule has 3 aromatic rings. The summed E-state index contributed by atoms with van der Waals surface area (Å²) in [5.74, 6) is -1.10. The maximum Gasteiger partial charge on any atom is 0.262 e. The average Bonchev–Trinajstić information content (AvgIpc) is 2.71. The van der Waals surface area contributed by atoms with Gasteiger partial charge in [-0.05, 0) is 60.5 Å². The van der Waals surface area contributed by atoms with E-state index in [1.54, 1.807) is 12.1 Å². The molecular weight excluding hydrogens is 457 g/mol. The quantitative estimate of drug-likeness (QED) is 0.480. The van der Waals surface area contributed by atoms with E-state index in [0.29, 0.717) is 5.56 Å². The van der Waals surface area contributed by atoms with Gasteiger partial charge in [0.1, 0.15) is 5.82 Å². The molecule has 3 aromatic carbocycles. The summed E-state index contributed by atoms with van der Waals surface area (Å²) in [6.45, 7) is 1.54. The van der Waals surface area contributed by atoms with Gasteiger partial charge in [-0.15, -0.1) is 0 Å². The number of carbonyl (C=O) groups excluding carboxylic acids is 1. The third-order valence-corrected chi connectivity index (χ3v) is 7.00. The van der Waals surface area contributed by atoms with Crippen LogP contribution in [0.25, 0.3) is 0 Å². The molecule has 0 saturated heterocycles. The number of carbonyl (C=O) groups is 1. The second-order valence-electron chi connectivity index (χ2n) is 6.93. The van der Waals surface area contributed by atoms with E-state index < -0.39 is 31.8 Å². The van der Waals surface area contributed by atoms with Crippen molar-refractivity contribution >= 4 is 31.6 Å². The molecule has 0 atom stereocenters. The highest BCUT2D eigenvalue weighted by Gasteiger charge is 2.20. The Morgan fingerprint density at radius 1 is 0.969 bits per heavy atom. The minimum Gasteiger partial charge on any atom is -0.348 e. The fourth-order valence-corrected chi connectivity index (χ4v) is 4.78. The summed E-state index contributed by atoms with van der Waals surface area (Å²) >= 11 is 0. The monoisotopic (exact) mass is 477 g/mol. The Kier molecular flexibility index (Phi) is 6.63. The van der Waals surface area contributed by atoms with Crippen molar-refractivity contribution in [1.82, 2.24) is 5.32 Å². The Balaban J connectivity index is 1.78. The first kappa shape index (κ1) is 23.4. The number of halogens is 1. The Labute approximate surface area is 185 Å². The van der Waals surface area contributed by atoms with Gasteiger partial charge in [-0.2, -0.15) is 0 Å². The fraction of sp³-hybridized carbons (Fsp3) is 0.0952. The normalized spacial score (nSPS) is 11.7. The van der Waals surface area contributed by atoms with Crippen LogP contribution in [0.1, 0.15) is 21.5 Å². The predicted octanol–water partition coefficient (Wildman–Crippen LogP) is 2.51. The molecule has 0 fully saturated rings. The van der Waals surface area contributed by atoms with Crippen LogP contribution in [0.4, 0.5) is 10.1 Å². The lowest BCUT2D eigenvalue weighted by Crippen LogP contribution is -2.25. The highest BCUT2D eigenvalue weighted by molar-refractivity contribution is 7.92. The summed E-state index contributed by atoms with van der Waals surface area (Å²) < 4.78 is 63.9. The second kappa shape index (κ2) is 9.07. The van der Waals surface area contributed by atoms with E-state index in [1.807, 2.05) is 0 Å². The molecule has 0 aliphatic carbocycles. The van der Waals surface area contributed by atoms with Crippen LogP contribution in [0.2, 0.25) is 0 Å². The number of hydrogen-bond donors (Lipinski definition) is 3. The van der Waals surface area contributed by atoms with Crippen molar-refractivity contribution < 1.29 is 26.0 Å². The smallest absolute Gasteiger partial charge is 0.262 e. The van der Waals surface area contributed by atoms with E-state index in [9.17, 15) is 26.0 Å². The minimum absolute atomic E-state index is 0.0524. The number of amides is 1. The molecule has 0 unspecified atom stereocenters. The Morgan fingerprint density at radius 2 is 1.62 bits per heavy atom. The van der Waals surface area contributed by atoms with Crippen molar-refractivity contribution in [3.05, 3.63) is 89.2 Å². The van der Waals surface area contributed by atoms with Crippen LogP contribution >= 0.6 is 0 Å². The topological polar surface area (TPSA) is 135 Å². The van der Waals surface area contributed by atoms with Crippen LogP contribution in [0.15, 0.2) is 76.5 Å². The third-order valence-electron chi connectivity index (χ3n) is 4.55. The highest BCUT2D eigenvalue weighted by atomic mass is 32.2. The first-order valence-electron chi connectivity index (χ1n) is 9.25. The van der Waals surface area contributed by atoms with E-state index in [-0.39, 0.29) is 33.2 Å². The van der Waals surface area contributed by atoms with Gasteiger partial charge >= 0.3 is 0 Å². The summed E-state index contributed by atoms with van der Waals surface area (Å²) in [6, 6.07) is 15.0. The number of primary sulfonamides is 1. The number of nitrogens with one attached hydrogen (secondary N) is 2. The van der Waals surface area contributed by atoms with Gasteiger partial charge in [0.05, 0.1) is 21.0 Å². The van der Waals surface area contributed by atoms with Gasteiger partial charge in [0.15, 0.2) is 0 Å². The molecule has 4 N–H and O–H groups in total. The number of benzene rings is 3. The molecule has 0 bridgehead atoms. The second-order valence-corrected chi connectivity index (χ2v) is 10.1. The summed E-state index contributed by atoms with van der Waals surface area (Å²) in [6.07, 6.45) is 0. The van der Waals surface area contributed by atoms with Gasteiger partial charge < -0.3 is 5.32 Å². The Morgan fingerprint density at radius 3 is 2.25 bits per heavy atom. The average molecular weight is 478 g/mol. The van der Waals surface area contributed by atoms with Gasteiger partial charge in [0.2, 0.25) is 10.0 Å². The van der Waals surface area contributed by atoms with Crippen molar-refractivity contribution in [2.45, 2.75) is 23.3 Å². The summed E-state index contributed by atoms with van der Waals surface area (Å²) in [4.78, 5) is 12.5. The van der Waals surface area contributed by atoms with Crippen molar-refractivity contribution in [2.75, 3.05) is 4.72 Å². The number of sulfonamides is 2. The van der Waals surface area contributed by atoms with Crippen molar-refractivity contribution in [2.24, 2.45) is 5.14 Å². The van der Waals surface area contributed by atoms with Gasteiger partial charge in [-0.3, -0.25) is 9.52 Å². The van der Waals surface area contributed by atoms with Crippen LogP contribution in [0.3, 0.4) is 0 Å². The molecule has 0 aromatic heterocycles. The predicted molar refractivity (Wildman–Crippen MR) is 117 cm³/mol. The zero-order valence-electron chi connectivity index (χ0n) is 16.9. The molecule has 3 rings (SSSR count). The molecule has 0 aliphatic rings. The minimum atomic E-state index is -4.07. The molecule has 0 saturated carbocycles. The van der Waals surface area contributed by atoms with Crippen molar-refractivity contribution in [3.8, 4) is 0 Å². The fourth-order valence-electron chi connectivity index (χ4n) is 2.96. The van der Waals surface area contributed by atoms with Gasteiger partial charge in [0.25, 0.3) is 15.9 Å². The highest BCUT2D eigenvalue weighted by Crippen LogP contribution is 2.23. The number of hydrogen-bond acceptors (Lipinski definition) is 5. The van der Waals surface area contributed by atoms with Crippen molar-refractivity contribution in [3.63, 3.8) is 0 Å². The summed E-state index contributed by atoms with van der Waals surface area (Å²) in [5, 5.41) is 7.71. The zero-order chi connectivity index (χ0) is 23.5. The van der Waals surface area contributed by atoms with E-state index >= 15 is 0 Å². The standard InChI is InChI=1S/C21H20FN3O5S2/c1-14-12-16(22)8-11-20(14)32(29,30)25-19-5-3-2-4-18(19)21(26)24-13-15-6-9-17(10-7-15)31(23,27)28/h2-12,25H,13H2,1H3,(H,24,26)(H2,23,27,28). The lowest BCUT2D eigenvalue weighted by Gasteiger charge is -2.14. The third kappa shape index (κ3) is 5.49. The van der Waals surface area contributed by atoms with Gasteiger partial charge in [-0.1, -0.05) is 24.3 Å². The molecule has 8 nitrogen and oxygen atoms in total. The van der Waals surface area contributed by atoms with E-state index in [1.165, 1.54) is 43.3 Å². The van der Waals surface area contributed by atoms with Crippen LogP contribution < -0.4 is 15.2 Å². The molecular formula is C21H20FN3O5S2. The summed E-state index contributed by atoms with van der Waals surface area (Å²) in [5.41, 5.74) is 0.975. The SMILES string of the molecule is Cc1cc(F)ccc1S(=O)(=O)Nc1ccccc1C(=O)NCc1ccc(S(N)(=O)=O)cc1. The van der Waals surface area contributed by atoms with Crippen LogP contribution in [0, 0.1) is 12.7 Å². The van der Waals surface area contributed by atoms with Crippen LogP contribution in [0.5, 0.6) is 0 Å². The van der Waals surface area contributed by atoms with Crippen LogP contribution in [-0.2, 0) is 26.6 Å². The molecule has 11 heteroatoms. The maximum atomic E-state index is 13.3. The number of nitrogens with two attached hydrogens (primary N) is 1. The lowest BCUT2D eigenvalue weighted by atomic mass is 10.1. The van der Waals surface area contributed by atoms with Crippen molar-refractivity contribution in [1.29, 1.82) is 0 Å². The van der Waals surface area contributed by atoms with Crippen LogP contribution in [-0.4, -0.2) is 22.7 Å². The first-order valence-corrected chi connectivity index (χ1v) is 12.3. The maximum absolute atomic E-state index is 13.3. The van der Waals surface area contributed by atoms with E-state index in [4.69, 9.17) is 5.14 Å². The molecule has 0 radical (unpaired) electrons. The molecule has 1 amide bonds. The molecule has 0 spiro atoms. The summed E-state index contributed by atoms with van der Waals surface area (Å²) in [7, 11) is -7.89. The number of rotatable bonds is 7. The Bertz CT molecular complexity index is 1370. The molecule has 168 valence electrons. The van der Waals surface area contributed by atoms with Gasteiger partial charge in [0, 0.05) is 6.54 Å². The van der Waals surface area contributed by atoms with E-state index in [2.05, 4.69) is 10.0 Å². The largest absolute Gasteiger partial charge is 0.348 e. The molecule has 32 heavy (non-hydrogen) atoms. The molecule has 0 heterocycles. The Hall–Kier alpha value is -3.28. The molecule has 0 aliphatic heterocycles. The number of anilines is 1. The lowest BCUT2D eigenvalue weighted by molar-refractivity contribution is 0.0951. The number of para-hydroxylation sites is 1. The van der Waals surface area contributed by atoms with E-state index in [0.717, 1.165) is 18.2 Å². The first-order chi connectivity index (χ1) is 15.0.